The molecule has 0 fully saturated rings. The van der Waals surface area contributed by atoms with Gasteiger partial charge in [-0.05, 0) is 60.9 Å². The highest BCUT2D eigenvalue weighted by atomic mass is 16.3. The van der Waals surface area contributed by atoms with Gasteiger partial charge in [-0.3, -0.25) is 0 Å². The average Bonchev–Trinajstić information content (AvgIpc) is 2.86. The van der Waals surface area contributed by atoms with Crippen molar-refractivity contribution in [2.75, 3.05) is 0 Å². The van der Waals surface area contributed by atoms with E-state index in [4.69, 9.17) is 5.10 Å². The predicted octanol–water partition coefficient (Wildman–Crippen LogP) is 4.56. The smallest absolute Gasteiger partial charge is 0.115 e. The Hall–Kier alpha value is -2.75. The number of hydrogen-bond acceptors (Lipinski definition) is 3. The Kier molecular flexibility index (Phi) is 3.84. The maximum atomic E-state index is 9.55. The van der Waals surface area contributed by atoms with E-state index in [0.717, 1.165) is 22.6 Å². The van der Waals surface area contributed by atoms with Crippen LogP contribution >= 0.6 is 0 Å². The van der Waals surface area contributed by atoms with Crippen molar-refractivity contribution in [3.05, 3.63) is 59.8 Å². The first-order chi connectivity index (χ1) is 11.3. The van der Waals surface area contributed by atoms with Gasteiger partial charge in [0, 0.05) is 16.8 Å². The number of hydrogen-bond donors (Lipinski definition) is 2. The molecule has 0 atom stereocenters. The number of rotatable bonds is 2. The molecule has 0 spiro atoms. The Morgan fingerprint density at radius 1 is 0.833 bits per heavy atom. The van der Waals surface area contributed by atoms with E-state index in [9.17, 15) is 10.2 Å². The van der Waals surface area contributed by atoms with Crippen LogP contribution in [0.4, 0.5) is 0 Å². The topological polar surface area (TPSA) is 58.3 Å². The summed E-state index contributed by atoms with van der Waals surface area (Å²) in [5.74, 6) is 0.476. The third-order valence-electron chi connectivity index (χ3n) is 4.10. The monoisotopic (exact) mass is 322 g/mol. The standard InChI is InChI=1S/C20H22N2O2/c1-13-18(20(2,3)4)19(14-5-9-16(23)10-6-14)21-22(13)15-7-11-17(24)12-8-15/h5-12,23-24H,1-4H3. The minimum Gasteiger partial charge on any atom is -0.508 e. The summed E-state index contributed by atoms with van der Waals surface area (Å²) in [4.78, 5) is 0. The number of aromatic hydroxyl groups is 2. The Labute approximate surface area is 142 Å². The molecule has 4 nitrogen and oxygen atoms in total. The van der Waals surface area contributed by atoms with Gasteiger partial charge in [0.05, 0.1) is 11.4 Å². The molecule has 124 valence electrons. The molecule has 0 aliphatic rings. The molecule has 3 aromatic rings. The lowest BCUT2D eigenvalue weighted by Crippen LogP contribution is -2.13. The van der Waals surface area contributed by atoms with Crippen molar-refractivity contribution < 1.29 is 10.2 Å². The van der Waals surface area contributed by atoms with E-state index in [2.05, 4.69) is 27.7 Å². The number of benzene rings is 2. The molecule has 3 rings (SSSR count). The van der Waals surface area contributed by atoms with Crippen LogP contribution in [0.3, 0.4) is 0 Å². The highest BCUT2D eigenvalue weighted by Crippen LogP contribution is 2.36. The Morgan fingerprint density at radius 3 is 1.83 bits per heavy atom. The molecule has 0 saturated heterocycles. The quantitative estimate of drug-likeness (QED) is 0.727. The fourth-order valence-corrected chi connectivity index (χ4v) is 3.07. The number of phenols is 2. The molecular formula is C20H22N2O2. The second-order valence-corrected chi connectivity index (χ2v) is 7.03. The van der Waals surface area contributed by atoms with Crippen LogP contribution in [-0.2, 0) is 5.41 Å². The summed E-state index contributed by atoms with van der Waals surface area (Å²) in [6.45, 7) is 8.57. The molecule has 0 bridgehead atoms. The number of nitrogens with zero attached hydrogens (tertiary/aromatic N) is 2. The molecule has 4 heteroatoms. The van der Waals surface area contributed by atoms with E-state index in [1.165, 1.54) is 5.56 Å². The molecule has 1 heterocycles. The van der Waals surface area contributed by atoms with Crippen molar-refractivity contribution in [1.29, 1.82) is 0 Å². The van der Waals surface area contributed by atoms with Crippen molar-refractivity contribution in [3.63, 3.8) is 0 Å². The van der Waals surface area contributed by atoms with Crippen molar-refractivity contribution in [1.82, 2.24) is 9.78 Å². The predicted molar refractivity (Wildman–Crippen MR) is 95.8 cm³/mol. The molecular weight excluding hydrogens is 300 g/mol. The SMILES string of the molecule is Cc1c(C(C)(C)C)c(-c2ccc(O)cc2)nn1-c1ccc(O)cc1. The number of aromatic nitrogens is 2. The molecule has 0 aliphatic carbocycles. The number of phenolic OH excluding ortho intramolecular Hbond substituents is 2. The van der Waals surface area contributed by atoms with Crippen LogP contribution in [-0.4, -0.2) is 20.0 Å². The maximum absolute atomic E-state index is 9.55. The van der Waals surface area contributed by atoms with Crippen LogP contribution in [0, 0.1) is 6.92 Å². The normalized spacial score (nSPS) is 11.7. The summed E-state index contributed by atoms with van der Waals surface area (Å²) in [6, 6.07) is 14.1. The third-order valence-corrected chi connectivity index (χ3v) is 4.10. The van der Waals surface area contributed by atoms with E-state index in [1.54, 1.807) is 24.3 Å². The molecule has 0 radical (unpaired) electrons. The van der Waals surface area contributed by atoms with Crippen molar-refractivity contribution in [3.8, 4) is 28.4 Å². The summed E-state index contributed by atoms with van der Waals surface area (Å²) in [5, 5.41) is 23.9. The lowest BCUT2D eigenvalue weighted by atomic mass is 9.84. The van der Waals surface area contributed by atoms with Crippen molar-refractivity contribution in [2.45, 2.75) is 33.1 Å². The van der Waals surface area contributed by atoms with E-state index in [-0.39, 0.29) is 16.9 Å². The summed E-state index contributed by atoms with van der Waals surface area (Å²) in [6.07, 6.45) is 0. The summed E-state index contributed by atoms with van der Waals surface area (Å²) in [7, 11) is 0. The van der Waals surface area contributed by atoms with Crippen LogP contribution in [0.1, 0.15) is 32.0 Å². The van der Waals surface area contributed by atoms with Gasteiger partial charge < -0.3 is 10.2 Å². The van der Waals surface area contributed by atoms with E-state index in [1.807, 2.05) is 28.9 Å². The third kappa shape index (κ3) is 2.87. The molecule has 0 saturated carbocycles. The van der Waals surface area contributed by atoms with Crippen LogP contribution < -0.4 is 0 Å². The fourth-order valence-electron chi connectivity index (χ4n) is 3.07. The van der Waals surface area contributed by atoms with Crippen LogP contribution in [0.5, 0.6) is 11.5 Å². The zero-order valence-electron chi connectivity index (χ0n) is 14.4. The molecule has 0 unspecified atom stereocenters. The van der Waals surface area contributed by atoms with Gasteiger partial charge in [0.15, 0.2) is 0 Å². The highest BCUT2D eigenvalue weighted by molar-refractivity contribution is 5.67. The Balaban J connectivity index is 2.23. The summed E-state index contributed by atoms with van der Waals surface area (Å²) in [5.41, 5.74) is 4.94. The van der Waals surface area contributed by atoms with Crippen LogP contribution in [0.2, 0.25) is 0 Å². The van der Waals surface area contributed by atoms with Crippen LogP contribution in [0.15, 0.2) is 48.5 Å². The molecule has 2 N–H and O–H groups in total. The summed E-state index contributed by atoms with van der Waals surface area (Å²) < 4.78 is 1.90. The second-order valence-electron chi connectivity index (χ2n) is 7.03. The van der Waals surface area contributed by atoms with Gasteiger partial charge in [0.2, 0.25) is 0 Å². The molecule has 24 heavy (non-hydrogen) atoms. The lowest BCUT2D eigenvalue weighted by molar-refractivity contribution is 0.474. The van der Waals surface area contributed by atoms with Crippen molar-refractivity contribution >= 4 is 0 Å². The van der Waals surface area contributed by atoms with Gasteiger partial charge in [-0.2, -0.15) is 5.10 Å². The van der Waals surface area contributed by atoms with E-state index < -0.39 is 0 Å². The van der Waals surface area contributed by atoms with Crippen molar-refractivity contribution in [2.24, 2.45) is 0 Å². The first kappa shape index (κ1) is 16.1. The van der Waals surface area contributed by atoms with Gasteiger partial charge in [0.25, 0.3) is 0 Å². The maximum Gasteiger partial charge on any atom is 0.115 e. The molecule has 2 aromatic carbocycles. The van der Waals surface area contributed by atoms with Crippen LogP contribution in [0.25, 0.3) is 16.9 Å². The Bertz CT molecular complexity index is 854. The van der Waals surface area contributed by atoms with Gasteiger partial charge in [-0.25, -0.2) is 4.68 Å². The molecule has 1 aromatic heterocycles. The molecule has 0 aliphatic heterocycles. The lowest BCUT2D eigenvalue weighted by Gasteiger charge is -2.20. The Morgan fingerprint density at radius 2 is 1.33 bits per heavy atom. The van der Waals surface area contributed by atoms with E-state index in [0.29, 0.717) is 0 Å². The minimum atomic E-state index is -0.0769. The second kappa shape index (κ2) is 5.71. The van der Waals surface area contributed by atoms with E-state index >= 15 is 0 Å². The average molecular weight is 322 g/mol. The summed E-state index contributed by atoms with van der Waals surface area (Å²) >= 11 is 0. The van der Waals surface area contributed by atoms with Gasteiger partial charge in [-0.15, -0.1) is 0 Å². The zero-order valence-corrected chi connectivity index (χ0v) is 14.4. The van der Waals surface area contributed by atoms with Gasteiger partial charge >= 0.3 is 0 Å². The van der Waals surface area contributed by atoms with Gasteiger partial charge in [-0.1, -0.05) is 20.8 Å². The first-order valence-electron chi connectivity index (χ1n) is 7.96. The minimum absolute atomic E-state index is 0.0769. The largest absolute Gasteiger partial charge is 0.508 e. The fraction of sp³-hybridized carbons (Fsp3) is 0.250. The highest BCUT2D eigenvalue weighted by Gasteiger charge is 2.26. The molecule has 0 amide bonds. The van der Waals surface area contributed by atoms with Gasteiger partial charge in [0.1, 0.15) is 11.5 Å². The zero-order chi connectivity index (χ0) is 17.5. The first-order valence-corrected chi connectivity index (χ1v) is 7.96.